The van der Waals surface area contributed by atoms with Gasteiger partial charge in [0.2, 0.25) is 0 Å². The van der Waals surface area contributed by atoms with Crippen molar-refractivity contribution in [2.75, 3.05) is 25.5 Å². The predicted octanol–water partition coefficient (Wildman–Crippen LogP) is 3.85. The third kappa shape index (κ3) is 3.27. The maximum absolute atomic E-state index is 13.3. The Balaban J connectivity index is 1.66. The van der Waals surface area contributed by atoms with Gasteiger partial charge in [-0.2, -0.15) is 0 Å². The van der Waals surface area contributed by atoms with Crippen LogP contribution in [0.15, 0.2) is 38.2 Å². The third-order valence-electron chi connectivity index (χ3n) is 5.60. The molecule has 0 unspecified atom stereocenters. The van der Waals surface area contributed by atoms with Crippen LogP contribution in [0.1, 0.15) is 17.0 Å². The lowest BCUT2D eigenvalue weighted by Crippen LogP contribution is -2.15. The van der Waals surface area contributed by atoms with E-state index < -0.39 is 10.0 Å². The summed E-state index contributed by atoms with van der Waals surface area (Å²) in [5.41, 5.74) is 3.74. The number of anilines is 1. The molecule has 2 aromatic heterocycles. The SMILES string of the molecule is COc1cccc(OC)c1S(=O)(=O)Nc1noc2cc(-c3c(C)noc3C)c3c(c12)OCC3. The molecule has 0 saturated heterocycles. The van der Waals surface area contributed by atoms with E-state index in [-0.39, 0.29) is 22.2 Å². The second kappa shape index (κ2) is 7.69. The number of ether oxygens (including phenoxy) is 3. The minimum Gasteiger partial charge on any atom is -0.495 e. The molecule has 10 nitrogen and oxygen atoms in total. The Morgan fingerprint density at radius 3 is 2.42 bits per heavy atom. The Kier molecular flexibility index (Phi) is 4.93. The molecule has 5 rings (SSSR count). The van der Waals surface area contributed by atoms with E-state index in [0.29, 0.717) is 35.5 Å². The molecule has 0 atom stereocenters. The summed E-state index contributed by atoms with van der Waals surface area (Å²) in [6, 6.07) is 6.52. The van der Waals surface area contributed by atoms with Crippen molar-refractivity contribution in [3.8, 4) is 28.4 Å². The number of hydrogen-bond donors (Lipinski definition) is 1. The molecular weight excluding hydrogens is 450 g/mol. The molecular formula is C22H21N3O7S. The molecule has 0 bridgehead atoms. The number of sulfonamides is 1. The number of nitrogens with one attached hydrogen (secondary N) is 1. The fourth-order valence-electron chi connectivity index (χ4n) is 4.20. The Morgan fingerprint density at radius 2 is 1.79 bits per heavy atom. The van der Waals surface area contributed by atoms with Gasteiger partial charge in [0.25, 0.3) is 10.0 Å². The van der Waals surface area contributed by atoms with Gasteiger partial charge in [0.1, 0.15) is 28.4 Å². The summed E-state index contributed by atoms with van der Waals surface area (Å²) in [4.78, 5) is -0.143. The normalized spacial score (nSPS) is 13.1. The summed E-state index contributed by atoms with van der Waals surface area (Å²) >= 11 is 0. The molecule has 1 aliphatic rings. The molecule has 1 N–H and O–H groups in total. The zero-order valence-corrected chi connectivity index (χ0v) is 19.2. The molecule has 172 valence electrons. The number of aromatic nitrogens is 2. The Morgan fingerprint density at radius 1 is 1.06 bits per heavy atom. The van der Waals surface area contributed by atoms with Crippen molar-refractivity contribution < 1.29 is 31.7 Å². The Bertz CT molecular complexity index is 1450. The lowest BCUT2D eigenvalue weighted by Gasteiger charge is -2.14. The van der Waals surface area contributed by atoms with Gasteiger partial charge in [0.05, 0.1) is 26.5 Å². The predicted molar refractivity (Wildman–Crippen MR) is 119 cm³/mol. The quantitative estimate of drug-likeness (QED) is 0.446. The van der Waals surface area contributed by atoms with E-state index in [0.717, 1.165) is 22.4 Å². The highest BCUT2D eigenvalue weighted by molar-refractivity contribution is 7.93. The summed E-state index contributed by atoms with van der Waals surface area (Å²) in [5, 5.41) is 8.48. The van der Waals surface area contributed by atoms with Gasteiger partial charge in [-0.3, -0.25) is 4.72 Å². The van der Waals surface area contributed by atoms with E-state index in [1.54, 1.807) is 6.07 Å². The highest BCUT2D eigenvalue weighted by atomic mass is 32.2. The minimum atomic E-state index is -4.15. The van der Waals surface area contributed by atoms with Crippen LogP contribution in [0, 0.1) is 13.8 Å². The Hall–Kier alpha value is -3.73. The largest absolute Gasteiger partial charge is 0.495 e. The maximum Gasteiger partial charge on any atom is 0.270 e. The van der Waals surface area contributed by atoms with Gasteiger partial charge in [-0.05, 0) is 37.6 Å². The number of methoxy groups -OCH3 is 2. The van der Waals surface area contributed by atoms with Crippen LogP contribution in [-0.2, 0) is 16.4 Å². The smallest absolute Gasteiger partial charge is 0.270 e. The summed E-state index contributed by atoms with van der Waals surface area (Å²) in [7, 11) is -1.38. The van der Waals surface area contributed by atoms with E-state index in [4.69, 9.17) is 23.3 Å². The highest BCUT2D eigenvalue weighted by Crippen LogP contribution is 2.46. The average molecular weight is 471 g/mol. The van der Waals surface area contributed by atoms with Gasteiger partial charge in [0.15, 0.2) is 16.3 Å². The first kappa shape index (κ1) is 21.1. The maximum atomic E-state index is 13.3. The summed E-state index contributed by atoms with van der Waals surface area (Å²) in [5.74, 6) is 1.48. The zero-order chi connectivity index (χ0) is 23.3. The van der Waals surface area contributed by atoms with Gasteiger partial charge in [-0.25, -0.2) is 8.42 Å². The lowest BCUT2D eigenvalue weighted by molar-refractivity contribution is 0.360. The molecule has 11 heteroatoms. The number of nitrogens with zero attached hydrogens (tertiary/aromatic N) is 2. The van der Waals surface area contributed by atoms with Crippen molar-refractivity contribution in [1.82, 2.24) is 10.3 Å². The molecule has 0 aliphatic carbocycles. The van der Waals surface area contributed by atoms with Crippen molar-refractivity contribution in [2.24, 2.45) is 0 Å². The summed E-state index contributed by atoms with van der Waals surface area (Å²) in [6.45, 7) is 4.14. The van der Waals surface area contributed by atoms with Crippen LogP contribution in [0.25, 0.3) is 22.1 Å². The highest BCUT2D eigenvalue weighted by Gasteiger charge is 2.31. The van der Waals surface area contributed by atoms with Crippen LogP contribution in [0.5, 0.6) is 17.2 Å². The van der Waals surface area contributed by atoms with Crippen LogP contribution in [-0.4, -0.2) is 39.6 Å². The van der Waals surface area contributed by atoms with E-state index in [9.17, 15) is 8.42 Å². The molecule has 0 radical (unpaired) electrons. The second-order valence-electron chi connectivity index (χ2n) is 7.53. The van der Waals surface area contributed by atoms with Crippen molar-refractivity contribution >= 4 is 26.8 Å². The third-order valence-corrected chi connectivity index (χ3v) is 7.01. The molecule has 1 aliphatic heterocycles. The van der Waals surface area contributed by atoms with Crippen LogP contribution < -0.4 is 18.9 Å². The average Bonchev–Trinajstić information content (AvgIpc) is 3.51. The van der Waals surface area contributed by atoms with Gasteiger partial charge in [-0.1, -0.05) is 16.4 Å². The molecule has 2 aromatic carbocycles. The van der Waals surface area contributed by atoms with E-state index >= 15 is 0 Å². The van der Waals surface area contributed by atoms with Crippen molar-refractivity contribution in [2.45, 2.75) is 25.2 Å². The van der Waals surface area contributed by atoms with Gasteiger partial charge in [-0.15, -0.1) is 0 Å². The van der Waals surface area contributed by atoms with Crippen LogP contribution >= 0.6 is 0 Å². The van der Waals surface area contributed by atoms with Crippen molar-refractivity contribution in [1.29, 1.82) is 0 Å². The van der Waals surface area contributed by atoms with E-state index in [1.807, 2.05) is 19.9 Å². The molecule has 0 fully saturated rings. The van der Waals surface area contributed by atoms with Crippen molar-refractivity contribution in [3.63, 3.8) is 0 Å². The van der Waals surface area contributed by atoms with Gasteiger partial charge in [0, 0.05) is 17.5 Å². The van der Waals surface area contributed by atoms with E-state index in [1.165, 1.54) is 26.4 Å². The van der Waals surface area contributed by atoms with Crippen LogP contribution in [0.2, 0.25) is 0 Å². The number of hydrogen-bond acceptors (Lipinski definition) is 9. The molecule has 4 aromatic rings. The molecule has 0 amide bonds. The number of benzene rings is 2. The van der Waals surface area contributed by atoms with Gasteiger partial charge >= 0.3 is 0 Å². The molecule has 33 heavy (non-hydrogen) atoms. The monoisotopic (exact) mass is 471 g/mol. The fraction of sp³-hybridized carbons (Fsp3) is 0.273. The fourth-order valence-corrected chi connectivity index (χ4v) is 5.52. The first-order chi connectivity index (χ1) is 15.9. The van der Waals surface area contributed by atoms with Crippen LogP contribution in [0.3, 0.4) is 0 Å². The Labute approximate surface area is 189 Å². The topological polar surface area (TPSA) is 126 Å². The number of aryl methyl sites for hydroxylation is 2. The van der Waals surface area contributed by atoms with E-state index in [2.05, 4.69) is 15.0 Å². The molecule has 3 heterocycles. The van der Waals surface area contributed by atoms with Crippen LogP contribution in [0.4, 0.5) is 5.82 Å². The number of fused-ring (bicyclic) bond motifs is 3. The zero-order valence-electron chi connectivity index (χ0n) is 18.4. The van der Waals surface area contributed by atoms with Gasteiger partial charge < -0.3 is 23.3 Å². The minimum absolute atomic E-state index is 0.0152. The molecule has 0 spiro atoms. The van der Waals surface area contributed by atoms with Crippen molar-refractivity contribution in [3.05, 3.63) is 41.3 Å². The lowest BCUT2D eigenvalue weighted by atomic mass is 9.95. The first-order valence-electron chi connectivity index (χ1n) is 10.1. The summed E-state index contributed by atoms with van der Waals surface area (Å²) < 4.78 is 56.4. The number of rotatable bonds is 6. The second-order valence-corrected chi connectivity index (χ2v) is 9.15. The summed E-state index contributed by atoms with van der Waals surface area (Å²) in [6.07, 6.45) is 0.641. The molecule has 0 saturated carbocycles. The standard InChI is InChI=1S/C22H21N3O7S/c1-11-18(12(2)31-23-11)14-10-17-19(20-13(14)8-9-30-20)22(24-32-17)25-33(26,27)21-15(28-3)6-5-7-16(21)29-4/h5-7,10H,8-9H2,1-4H3,(H,24,25). The first-order valence-corrected chi connectivity index (χ1v) is 11.6.